The molecule has 0 bridgehead atoms. The maximum absolute atomic E-state index is 5.56. The van der Waals surface area contributed by atoms with E-state index in [1.54, 1.807) is 0 Å². The van der Waals surface area contributed by atoms with Crippen molar-refractivity contribution in [3.05, 3.63) is 64.2 Å². The van der Waals surface area contributed by atoms with Crippen molar-refractivity contribution in [2.75, 3.05) is 6.61 Å². The summed E-state index contributed by atoms with van der Waals surface area (Å²) in [5, 5.41) is 0. The highest BCUT2D eigenvalue weighted by atomic mass is 79.9. The minimum absolute atomic E-state index is 0.249. The van der Waals surface area contributed by atoms with Crippen molar-refractivity contribution in [2.45, 2.75) is 25.1 Å². The lowest BCUT2D eigenvalue weighted by Gasteiger charge is -2.15. The molecule has 2 aromatic rings. The zero-order chi connectivity index (χ0) is 13.4. The quantitative estimate of drug-likeness (QED) is 0.728. The van der Waals surface area contributed by atoms with Crippen LogP contribution in [0.15, 0.2) is 36.4 Å². The Labute approximate surface area is 122 Å². The molecule has 0 saturated carbocycles. The number of ether oxygens (including phenoxy) is 1. The van der Waals surface area contributed by atoms with Gasteiger partial charge in [0.25, 0.3) is 0 Å². The molecule has 0 fully saturated rings. The molecule has 1 aliphatic heterocycles. The van der Waals surface area contributed by atoms with E-state index in [0.717, 1.165) is 18.8 Å². The van der Waals surface area contributed by atoms with Gasteiger partial charge < -0.3 is 4.74 Å². The zero-order valence-corrected chi connectivity index (χ0v) is 12.8. The van der Waals surface area contributed by atoms with Crippen molar-refractivity contribution in [3.8, 4) is 5.75 Å². The monoisotopic (exact) mass is 316 g/mol. The molecule has 1 nitrogen and oxygen atoms in total. The van der Waals surface area contributed by atoms with Crippen molar-refractivity contribution in [2.24, 2.45) is 0 Å². The molecule has 0 saturated heterocycles. The van der Waals surface area contributed by atoms with Crippen LogP contribution in [0, 0.1) is 13.8 Å². The number of aryl methyl sites for hydroxylation is 2. The number of rotatable bonds is 2. The molecule has 1 heterocycles. The van der Waals surface area contributed by atoms with Crippen LogP contribution in [-0.2, 0) is 6.42 Å². The van der Waals surface area contributed by atoms with Gasteiger partial charge in [-0.15, -0.1) is 0 Å². The summed E-state index contributed by atoms with van der Waals surface area (Å²) in [6.07, 6.45) is 1.02. The van der Waals surface area contributed by atoms with Crippen LogP contribution in [-0.4, -0.2) is 6.61 Å². The second-order valence-electron chi connectivity index (χ2n) is 5.19. The van der Waals surface area contributed by atoms with Crippen LogP contribution in [0.5, 0.6) is 5.75 Å². The highest BCUT2D eigenvalue weighted by Gasteiger charge is 2.17. The fourth-order valence-corrected chi connectivity index (χ4v) is 3.45. The average Bonchev–Trinajstić information content (AvgIpc) is 2.85. The highest BCUT2D eigenvalue weighted by molar-refractivity contribution is 9.09. The van der Waals surface area contributed by atoms with Crippen molar-refractivity contribution in [1.82, 2.24) is 0 Å². The highest BCUT2D eigenvalue weighted by Crippen LogP contribution is 2.36. The molecular weight excluding hydrogens is 300 g/mol. The Hall–Kier alpha value is -1.28. The van der Waals surface area contributed by atoms with Gasteiger partial charge in [-0.3, -0.25) is 0 Å². The van der Waals surface area contributed by atoms with E-state index >= 15 is 0 Å². The molecule has 0 N–H and O–H groups in total. The molecule has 1 atom stereocenters. The van der Waals surface area contributed by atoms with Crippen LogP contribution in [0.25, 0.3) is 0 Å². The lowest BCUT2D eigenvalue weighted by Crippen LogP contribution is -1.97. The number of halogens is 1. The van der Waals surface area contributed by atoms with E-state index < -0.39 is 0 Å². The van der Waals surface area contributed by atoms with Crippen LogP contribution in [0.1, 0.15) is 32.6 Å². The Morgan fingerprint density at radius 1 is 1.11 bits per heavy atom. The molecule has 0 spiro atoms. The fraction of sp³-hybridized carbons (Fsp3) is 0.294. The lowest BCUT2D eigenvalue weighted by molar-refractivity contribution is 0.357. The minimum Gasteiger partial charge on any atom is -0.493 e. The fourth-order valence-electron chi connectivity index (χ4n) is 2.65. The van der Waals surface area contributed by atoms with Gasteiger partial charge >= 0.3 is 0 Å². The van der Waals surface area contributed by atoms with E-state index in [0.29, 0.717) is 0 Å². The molecule has 98 valence electrons. The summed E-state index contributed by atoms with van der Waals surface area (Å²) < 4.78 is 5.56. The van der Waals surface area contributed by atoms with Crippen molar-refractivity contribution in [1.29, 1.82) is 0 Å². The Kier molecular flexibility index (Phi) is 3.36. The van der Waals surface area contributed by atoms with Crippen LogP contribution in [0.3, 0.4) is 0 Å². The number of hydrogen-bond donors (Lipinski definition) is 0. The minimum atomic E-state index is 0.249. The van der Waals surface area contributed by atoms with E-state index in [-0.39, 0.29) is 4.83 Å². The average molecular weight is 317 g/mol. The number of fused-ring (bicyclic) bond motifs is 1. The van der Waals surface area contributed by atoms with Gasteiger partial charge in [-0.25, -0.2) is 0 Å². The second-order valence-corrected chi connectivity index (χ2v) is 6.10. The van der Waals surface area contributed by atoms with Gasteiger partial charge in [0.05, 0.1) is 11.4 Å². The summed E-state index contributed by atoms with van der Waals surface area (Å²) in [4.78, 5) is 0.249. The molecule has 2 heteroatoms. The molecule has 1 unspecified atom stereocenters. The Morgan fingerprint density at radius 3 is 2.74 bits per heavy atom. The topological polar surface area (TPSA) is 9.23 Å². The van der Waals surface area contributed by atoms with Gasteiger partial charge in [0.15, 0.2) is 0 Å². The van der Waals surface area contributed by atoms with Crippen LogP contribution < -0.4 is 4.74 Å². The molecular formula is C17H17BrO. The first-order chi connectivity index (χ1) is 9.15. The third-order valence-corrected chi connectivity index (χ3v) is 4.73. The third kappa shape index (κ3) is 2.42. The molecule has 0 radical (unpaired) electrons. The Bertz CT molecular complexity index is 619. The van der Waals surface area contributed by atoms with Crippen molar-refractivity contribution >= 4 is 15.9 Å². The van der Waals surface area contributed by atoms with Gasteiger partial charge in [-0.2, -0.15) is 0 Å². The lowest BCUT2D eigenvalue weighted by atomic mass is 9.97. The van der Waals surface area contributed by atoms with E-state index in [1.165, 1.54) is 27.8 Å². The van der Waals surface area contributed by atoms with Gasteiger partial charge in [-0.1, -0.05) is 51.8 Å². The summed E-state index contributed by atoms with van der Waals surface area (Å²) in [6, 6.07) is 13.1. The first kappa shape index (κ1) is 12.7. The summed E-state index contributed by atoms with van der Waals surface area (Å²) in [5.41, 5.74) is 6.61. The molecule has 0 aliphatic carbocycles. The smallest absolute Gasteiger partial charge is 0.122 e. The standard InChI is InChI=1S/C17H17BrO/c1-11-3-5-15(12(2)9-11)17(18)14-4-6-16-13(10-14)7-8-19-16/h3-6,9-10,17H,7-8H2,1-2H3. The zero-order valence-electron chi connectivity index (χ0n) is 11.2. The molecule has 0 aromatic heterocycles. The van der Waals surface area contributed by atoms with E-state index in [4.69, 9.17) is 4.74 Å². The molecule has 0 amide bonds. The van der Waals surface area contributed by atoms with Gasteiger partial charge in [0.2, 0.25) is 0 Å². The van der Waals surface area contributed by atoms with E-state index in [2.05, 4.69) is 66.2 Å². The number of alkyl halides is 1. The largest absolute Gasteiger partial charge is 0.493 e. The van der Waals surface area contributed by atoms with Crippen molar-refractivity contribution < 1.29 is 4.74 Å². The number of benzene rings is 2. The Balaban J connectivity index is 1.97. The summed E-state index contributed by atoms with van der Waals surface area (Å²) in [5.74, 6) is 1.05. The first-order valence-corrected chi connectivity index (χ1v) is 7.53. The van der Waals surface area contributed by atoms with Gasteiger partial charge in [0, 0.05) is 6.42 Å². The summed E-state index contributed by atoms with van der Waals surface area (Å²) >= 11 is 3.84. The molecule has 3 rings (SSSR count). The normalized spacial score (nSPS) is 14.9. The van der Waals surface area contributed by atoms with E-state index in [1.807, 2.05) is 0 Å². The van der Waals surface area contributed by atoms with Crippen LogP contribution in [0.2, 0.25) is 0 Å². The van der Waals surface area contributed by atoms with Gasteiger partial charge in [-0.05, 0) is 42.2 Å². The molecule has 19 heavy (non-hydrogen) atoms. The predicted molar refractivity (Wildman–Crippen MR) is 82.3 cm³/mol. The van der Waals surface area contributed by atoms with Gasteiger partial charge in [0.1, 0.15) is 5.75 Å². The van der Waals surface area contributed by atoms with Crippen LogP contribution >= 0.6 is 15.9 Å². The molecule has 1 aliphatic rings. The maximum atomic E-state index is 5.56. The SMILES string of the molecule is Cc1ccc(C(Br)c2ccc3c(c2)CCO3)c(C)c1. The second kappa shape index (κ2) is 5.01. The maximum Gasteiger partial charge on any atom is 0.122 e. The third-order valence-electron chi connectivity index (χ3n) is 3.70. The Morgan fingerprint density at radius 2 is 1.95 bits per heavy atom. The molecule has 2 aromatic carbocycles. The predicted octanol–water partition coefficient (Wildman–Crippen LogP) is 4.72. The first-order valence-electron chi connectivity index (χ1n) is 6.62. The number of hydrogen-bond acceptors (Lipinski definition) is 1. The van der Waals surface area contributed by atoms with Crippen LogP contribution in [0.4, 0.5) is 0 Å². The van der Waals surface area contributed by atoms with Crippen molar-refractivity contribution in [3.63, 3.8) is 0 Å². The summed E-state index contributed by atoms with van der Waals surface area (Å²) in [7, 11) is 0. The summed E-state index contributed by atoms with van der Waals surface area (Å²) in [6.45, 7) is 5.12. The van der Waals surface area contributed by atoms with E-state index in [9.17, 15) is 0 Å².